The van der Waals surface area contributed by atoms with E-state index in [1.807, 2.05) is 0 Å². The minimum atomic E-state index is -1.13. The van der Waals surface area contributed by atoms with Gasteiger partial charge in [0, 0.05) is 10.9 Å². The molecule has 0 bridgehead atoms. The van der Waals surface area contributed by atoms with Gasteiger partial charge in [-0.25, -0.2) is 9.18 Å². The maximum Gasteiger partial charge on any atom is 0.341 e. The van der Waals surface area contributed by atoms with Crippen LogP contribution in [0.3, 0.4) is 0 Å². The second-order valence-corrected chi connectivity index (χ2v) is 3.79. The van der Waals surface area contributed by atoms with Crippen molar-refractivity contribution in [2.75, 3.05) is 0 Å². The number of carbonyl (C=O) groups is 1. The molecule has 2 N–H and O–H groups in total. The van der Waals surface area contributed by atoms with Gasteiger partial charge in [-0.2, -0.15) is 0 Å². The largest absolute Gasteiger partial charge is 0.477 e. The fourth-order valence-corrected chi connectivity index (χ4v) is 1.81. The molecule has 0 saturated carbocycles. The molecule has 0 fully saturated rings. The van der Waals surface area contributed by atoms with Crippen LogP contribution in [0.5, 0.6) is 0 Å². The SMILES string of the molecule is O=C(O)c1cnoc1-c1cc2cc(F)ccc2[nH]1. The van der Waals surface area contributed by atoms with Crippen molar-refractivity contribution in [2.45, 2.75) is 0 Å². The van der Waals surface area contributed by atoms with E-state index in [0.29, 0.717) is 16.6 Å². The Kier molecular flexibility index (Phi) is 2.16. The van der Waals surface area contributed by atoms with Crippen LogP contribution >= 0.6 is 0 Å². The van der Waals surface area contributed by atoms with E-state index in [1.165, 1.54) is 12.1 Å². The van der Waals surface area contributed by atoms with Crippen LogP contribution in [0.1, 0.15) is 10.4 Å². The van der Waals surface area contributed by atoms with Gasteiger partial charge in [-0.3, -0.25) is 0 Å². The molecule has 0 saturated heterocycles. The lowest BCUT2D eigenvalue weighted by Gasteiger charge is -1.92. The minimum absolute atomic E-state index is 0.0398. The number of aromatic amines is 1. The molecule has 0 aliphatic rings. The monoisotopic (exact) mass is 246 g/mol. The minimum Gasteiger partial charge on any atom is -0.477 e. The first-order chi connectivity index (χ1) is 8.65. The van der Waals surface area contributed by atoms with E-state index in [9.17, 15) is 9.18 Å². The van der Waals surface area contributed by atoms with Crippen LogP contribution in [0, 0.1) is 5.82 Å². The number of nitrogens with one attached hydrogen (secondary N) is 1. The summed E-state index contributed by atoms with van der Waals surface area (Å²) in [4.78, 5) is 13.9. The summed E-state index contributed by atoms with van der Waals surface area (Å²) in [6.45, 7) is 0. The van der Waals surface area contributed by atoms with E-state index in [2.05, 4.69) is 10.1 Å². The van der Waals surface area contributed by atoms with E-state index >= 15 is 0 Å². The summed E-state index contributed by atoms with van der Waals surface area (Å²) in [5.74, 6) is -1.36. The standard InChI is InChI=1S/C12H7FN2O3/c13-7-1-2-9-6(3-7)4-10(15-9)11-8(12(16)17)5-14-18-11/h1-5,15H,(H,16,17). The zero-order valence-electron chi connectivity index (χ0n) is 8.98. The Morgan fingerprint density at radius 2 is 2.22 bits per heavy atom. The number of aromatic nitrogens is 2. The number of nitrogens with zero attached hydrogens (tertiary/aromatic N) is 1. The van der Waals surface area contributed by atoms with Crippen molar-refractivity contribution < 1.29 is 18.8 Å². The number of hydrogen-bond donors (Lipinski definition) is 2. The molecule has 0 unspecified atom stereocenters. The average Bonchev–Trinajstić information content (AvgIpc) is 2.93. The molecular weight excluding hydrogens is 239 g/mol. The lowest BCUT2D eigenvalue weighted by molar-refractivity contribution is 0.0697. The van der Waals surface area contributed by atoms with Crippen LogP contribution in [-0.4, -0.2) is 21.2 Å². The Hall–Kier alpha value is -2.63. The number of halogens is 1. The summed E-state index contributed by atoms with van der Waals surface area (Å²) in [7, 11) is 0. The summed E-state index contributed by atoms with van der Waals surface area (Å²) >= 11 is 0. The number of hydrogen-bond acceptors (Lipinski definition) is 3. The summed E-state index contributed by atoms with van der Waals surface area (Å²) in [5.41, 5.74) is 1.10. The molecule has 0 aliphatic heterocycles. The van der Waals surface area contributed by atoms with Crippen LogP contribution in [-0.2, 0) is 0 Å². The van der Waals surface area contributed by atoms with Crippen molar-refractivity contribution in [3.8, 4) is 11.5 Å². The van der Waals surface area contributed by atoms with Gasteiger partial charge < -0.3 is 14.6 Å². The molecule has 0 atom stereocenters. The molecule has 0 spiro atoms. The van der Waals surface area contributed by atoms with Crippen molar-refractivity contribution in [2.24, 2.45) is 0 Å². The Morgan fingerprint density at radius 1 is 1.39 bits per heavy atom. The lowest BCUT2D eigenvalue weighted by Crippen LogP contribution is -1.95. The molecule has 0 amide bonds. The van der Waals surface area contributed by atoms with Gasteiger partial charge in [-0.05, 0) is 24.3 Å². The first-order valence-electron chi connectivity index (χ1n) is 5.12. The predicted molar refractivity (Wildman–Crippen MR) is 60.7 cm³/mol. The number of carboxylic acids is 1. The van der Waals surface area contributed by atoms with E-state index < -0.39 is 5.97 Å². The molecule has 3 rings (SSSR count). The molecular formula is C12H7FN2O3. The van der Waals surface area contributed by atoms with E-state index in [1.54, 1.807) is 12.1 Å². The van der Waals surface area contributed by atoms with Gasteiger partial charge >= 0.3 is 5.97 Å². The normalized spacial score (nSPS) is 10.9. The van der Waals surface area contributed by atoms with Crippen molar-refractivity contribution in [1.82, 2.24) is 10.1 Å². The first-order valence-corrected chi connectivity index (χ1v) is 5.12. The van der Waals surface area contributed by atoms with E-state index in [0.717, 1.165) is 6.20 Å². The lowest BCUT2D eigenvalue weighted by atomic mass is 10.2. The molecule has 3 aromatic rings. The fourth-order valence-electron chi connectivity index (χ4n) is 1.81. The fraction of sp³-hybridized carbons (Fsp3) is 0. The van der Waals surface area contributed by atoms with Gasteiger partial charge in [0.05, 0.1) is 11.9 Å². The van der Waals surface area contributed by atoms with Crippen LogP contribution in [0.15, 0.2) is 35.0 Å². The van der Waals surface area contributed by atoms with Gasteiger partial charge in [0.1, 0.15) is 11.4 Å². The number of fused-ring (bicyclic) bond motifs is 1. The zero-order valence-corrected chi connectivity index (χ0v) is 8.98. The van der Waals surface area contributed by atoms with Crippen molar-refractivity contribution in [3.05, 3.63) is 41.8 Å². The van der Waals surface area contributed by atoms with Crippen molar-refractivity contribution in [3.63, 3.8) is 0 Å². The number of carboxylic acid groups (broad SMARTS) is 1. The van der Waals surface area contributed by atoms with Crippen LogP contribution < -0.4 is 0 Å². The van der Waals surface area contributed by atoms with E-state index in [-0.39, 0.29) is 17.1 Å². The smallest absolute Gasteiger partial charge is 0.341 e. The third kappa shape index (κ3) is 1.55. The topological polar surface area (TPSA) is 79.1 Å². The van der Waals surface area contributed by atoms with Crippen LogP contribution in [0.2, 0.25) is 0 Å². The van der Waals surface area contributed by atoms with Gasteiger partial charge in [0.2, 0.25) is 0 Å². The maximum absolute atomic E-state index is 13.1. The van der Waals surface area contributed by atoms with Gasteiger partial charge in [-0.1, -0.05) is 5.16 Å². The maximum atomic E-state index is 13.1. The molecule has 90 valence electrons. The van der Waals surface area contributed by atoms with Crippen molar-refractivity contribution >= 4 is 16.9 Å². The molecule has 1 aromatic carbocycles. The summed E-state index contributed by atoms with van der Waals surface area (Å²) in [6.07, 6.45) is 1.13. The highest BCUT2D eigenvalue weighted by Gasteiger charge is 2.18. The molecule has 18 heavy (non-hydrogen) atoms. The number of H-pyrrole nitrogens is 1. The Labute approximate surface area is 99.8 Å². The number of aromatic carboxylic acids is 1. The predicted octanol–water partition coefficient (Wildman–Crippen LogP) is 2.66. The molecule has 0 radical (unpaired) electrons. The van der Waals surface area contributed by atoms with Gasteiger partial charge in [0.25, 0.3) is 0 Å². The highest BCUT2D eigenvalue weighted by molar-refractivity contribution is 5.95. The van der Waals surface area contributed by atoms with Crippen LogP contribution in [0.25, 0.3) is 22.4 Å². The molecule has 5 nitrogen and oxygen atoms in total. The number of benzene rings is 1. The molecule has 0 aliphatic carbocycles. The molecule has 6 heteroatoms. The van der Waals surface area contributed by atoms with Gasteiger partial charge in [-0.15, -0.1) is 0 Å². The zero-order chi connectivity index (χ0) is 12.7. The summed E-state index contributed by atoms with van der Waals surface area (Å²) < 4.78 is 18.0. The van der Waals surface area contributed by atoms with E-state index in [4.69, 9.17) is 9.63 Å². The second-order valence-electron chi connectivity index (χ2n) is 3.79. The Balaban J connectivity index is 2.19. The third-order valence-corrected chi connectivity index (χ3v) is 2.63. The highest BCUT2D eigenvalue weighted by Crippen LogP contribution is 2.27. The number of rotatable bonds is 2. The molecule has 2 heterocycles. The highest BCUT2D eigenvalue weighted by atomic mass is 19.1. The third-order valence-electron chi connectivity index (χ3n) is 2.63. The summed E-state index contributed by atoms with van der Waals surface area (Å²) in [5, 5.41) is 13.1. The molecule has 2 aromatic heterocycles. The first kappa shape index (κ1) is 10.5. The van der Waals surface area contributed by atoms with Crippen molar-refractivity contribution in [1.29, 1.82) is 0 Å². The van der Waals surface area contributed by atoms with Gasteiger partial charge in [0.15, 0.2) is 5.76 Å². The Morgan fingerprint density at radius 3 is 3.00 bits per heavy atom. The summed E-state index contributed by atoms with van der Waals surface area (Å²) in [6, 6.07) is 5.86. The Bertz CT molecular complexity index is 745. The van der Waals surface area contributed by atoms with Crippen LogP contribution in [0.4, 0.5) is 4.39 Å². The quantitative estimate of drug-likeness (QED) is 0.728. The second kappa shape index (κ2) is 3.69. The average molecular weight is 246 g/mol.